The van der Waals surface area contributed by atoms with Gasteiger partial charge in [-0.15, -0.1) is 62.7 Å². The van der Waals surface area contributed by atoms with E-state index in [1.165, 1.54) is 44.6 Å². The minimum absolute atomic E-state index is 0. The summed E-state index contributed by atoms with van der Waals surface area (Å²) in [4.78, 5) is 49.4. The Morgan fingerprint density at radius 1 is 0.565 bits per heavy atom. The second-order valence-electron chi connectivity index (χ2n) is 20.2. The summed E-state index contributed by atoms with van der Waals surface area (Å²) in [6.07, 6.45) is 3.00. The van der Waals surface area contributed by atoms with E-state index in [1.807, 2.05) is 61.9 Å². The number of anilines is 8. The molecule has 0 bridgehead atoms. The first-order valence-electron chi connectivity index (χ1n) is 30.6. The van der Waals surface area contributed by atoms with Crippen LogP contribution >= 0.6 is 46.6 Å². The molecule has 8 heterocycles. The monoisotopic (exact) mass is 1400 g/mol. The van der Waals surface area contributed by atoms with Crippen molar-refractivity contribution in [2.24, 2.45) is 0 Å². The second kappa shape index (κ2) is 38.1. The topological polar surface area (TPSA) is 410 Å². The van der Waals surface area contributed by atoms with Gasteiger partial charge in [0.25, 0.3) is 17.7 Å². The van der Waals surface area contributed by atoms with Gasteiger partial charge in [-0.1, -0.05) is 96.6 Å². The van der Waals surface area contributed by atoms with E-state index in [0.717, 1.165) is 28.1 Å². The molecule has 0 fully saturated rings. The van der Waals surface area contributed by atoms with Crippen molar-refractivity contribution < 1.29 is 63.5 Å². The molecule has 0 aliphatic rings. The number of ether oxygens (including phenoxy) is 2. The van der Waals surface area contributed by atoms with Crippen molar-refractivity contribution in [3.05, 3.63) is 139 Å². The number of sulfone groups is 1. The summed E-state index contributed by atoms with van der Waals surface area (Å²) in [5.74, 6) is -0.273. The number of carbonyl (C=O) groups is 3. The smallest absolute Gasteiger partial charge is 0.668 e. The Morgan fingerprint density at radius 3 is 1.51 bits per heavy atom. The van der Waals surface area contributed by atoms with Gasteiger partial charge in [0.05, 0.1) is 30.6 Å². The van der Waals surface area contributed by atoms with Crippen molar-refractivity contribution in [3.63, 3.8) is 0 Å². The maximum absolute atomic E-state index is 12.6. The fourth-order valence-electron chi connectivity index (χ4n) is 6.78. The Balaban J connectivity index is 0.000000447. The molecule has 0 saturated carbocycles. The molecule has 0 aliphatic carbocycles. The van der Waals surface area contributed by atoms with Crippen molar-refractivity contribution in [2.45, 2.75) is 76.8 Å². The van der Waals surface area contributed by atoms with Gasteiger partial charge in [-0.2, -0.15) is 0 Å². The first-order valence-corrected chi connectivity index (χ1v) is 37.2. The van der Waals surface area contributed by atoms with E-state index in [-0.39, 0.29) is 85.2 Å². The van der Waals surface area contributed by atoms with E-state index in [0.29, 0.717) is 29.0 Å². The Morgan fingerprint density at radius 2 is 1.03 bits per heavy atom. The van der Waals surface area contributed by atoms with Gasteiger partial charge in [0.2, 0.25) is 11.8 Å². The van der Waals surface area contributed by atoms with E-state index >= 15 is 0 Å². The molecule has 488 valence electrons. The molecule has 8 rings (SSSR count). The summed E-state index contributed by atoms with van der Waals surface area (Å²) in [7, 11) is -2.94. The predicted molar refractivity (Wildman–Crippen MR) is 364 cm³/mol. The number of halogens is 3. The number of hydrogen-bond acceptors (Lipinski definition) is 26. The zero-order chi connectivity index (χ0) is 75.9. The number of aryl methyl sites for hydroxylation is 4. The number of methoxy groups -OCH3 is 2. The maximum Gasteiger partial charge on any atom is 1.00 e. The van der Waals surface area contributed by atoms with Crippen molar-refractivity contribution in [1.82, 2.24) is 81.9 Å². The summed E-state index contributed by atoms with van der Waals surface area (Å²) >= 11 is 18.5. The van der Waals surface area contributed by atoms with Crippen molar-refractivity contribution >= 4 is 137 Å². The SMILES string of the molecule is COc1ccc(N)nn1.CSc1ccc(C)nc1N.C[Si](C)(C)[N-][Si](C)(C)C.[2H]C([2H])([2H])NC(=O)c1nnc(Cl)cc1Cl.[2H]C([2H])([2H])NC(=O)c1nnc(Cl)cc1Nc1nc(C)ccc1C.[2H]C([2H])([2H])NC(=O)c1nnc(Nc2ccc(OC)nn2)cc1Nc1nc(C)ccc1S(C)(=O)=O.[Li+]. The fraction of sp³-hybridized carbons (Fsp3) is 0.309. The molecule has 29 nitrogen and oxygen atoms in total. The summed E-state index contributed by atoms with van der Waals surface area (Å²) < 4.78 is 103. The average Bonchev–Trinajstić information content (AvgIpc) is 0.807. The van der Waals surface area contributed by atoms with E-state index in [1.54, 1.807) is 48.3 Å². The van der Waals surface area contributed by atoms with Crippen LogP contribution in [0.25, 0.3) is 4.65 Å². The van der Waals surface area contributed by atoms with Gasteiger partial charge in [0.1, 0.15) is 28.2 Å². The van der Waals surface area contributed by atoms with Gasteiger partial charge in [0.15, 0.2) is 48.9 Å². The molecule has 0 aliphatic heterocycles. The van der Waals surface area contributed by atoms with Crippen LogP contribution in [0.2, 0.25) is 54.6 Å². The third-order valence-corrected chi connectivity index (χ3v) is 18.2. The molecule has 3 amide bonds. The number of nitrogen functional groups attached to an aromatic ring is 2. The largest absolute Gasteiger partial charge is 1.00 e. The van der Waals surface area contributed by atoms with E-state index in [4.69, 9.17) is 72.7 Å². The van der Waals surface area contributed by atoms with Crippen LogP contribution in [-0.4, -0.2) is 156 Å². The minimum atomic E-state index is -3.69. The summed E-state index contributed by atoms with van der Waals surface area (Å²) in [6, 6.07) is 20.8. The summed E-state index contributed by atoms with van der Waals surface area (Å²) in [6.45, 7) is 13.0. The molecule has 92 heavy (non-hydrogen) atoms. The summed E-state index contributed by atoms with van der Waals surface area (Å²) in [5.41, 5.74) is 13.2. The van der Waals surface area contributed by atoms with Crippen molar-refractivity contribution in [3.8, 4) is 11.8 Å². The molecule has 0 atom stereocenters. The van der Waals surface area contributed by atoms with Gasteiger partial charge in [-0.3, -0.25) is 14.4 Å². The number of nitrogens with zero attached hydrogens (tertiary/aromatic N) is 14. The third kappa shape index (κ3) is 28.3. The predicted octanol–water partition coefficient (Wildman–Crippen LogP) is 6.41. The number of thioether (sulfide) groups is 1. The van der Waals surface area contributed by atoms with Crippen LogP contribution in [0.15, 0.2) is 88.7 Å². The molecule has 0 saturated heterocycles. The molecule has 0 radical (unpaired) electrons. The average molecular weight is 1400 g/mol. The molecule has 0 unspecified atom stereocenters. The van der Waals surface area contributed by atoms with Crippen LogP contribution in [0.3, 0.4) is 0 Å². The van der Waals surface area contributed by atoms with Crippen molar-refractivity contribution in [1.29, 1.82) is 0 Å². The second-order valence-corrected chi connectivity index (χ2v) is 33.8. The Labute approximate surface area is 581 Å². The molecule has 8 aromatic heterocycles. The van der Waals surface area contributed by atoms with Crippen LogP contribution < -0.4 is 71.7 Å². The van der Waals surface area contributed by atoms with Gasteiger partial charge < -0.3 is 57.5 Å². The summed E-state index contributed by atoms with van der Waals surface area (Å²) in [5, 5.41) is 50.6. The number of hydrogen-bond donors (Lipinski definition) is 8. The normalized spacial score (nSPS) is 12.3. The quantitative estimate of drug-likeness (QED) is 0.0406. The third-order valence-electron chi connectivity index (χ3n) is 10.3. The molecule has 10 N–H and O–H groups in total. The number of carbonyl (C=O) groups excluding carboxylic acids is 3. The number of aromatic nitrogens is 13. The van der Waals surface area contributed by atoms with Crippen molar-refractivity contribution in [2.75, 3.05) is 75.1 Å². The van der Waals surface area contributed by atoms with Gasteiger partial charge >= 0.3 is 18.9 Å². The Bertz CT molecular complexity index is 4190. The van der Waals surface area contributed by atoms with Crippen LogP contribution in [-0.2, 0) is 9.84 Å². The number of nitrogens with two attached hydrogens (primary N) is 2. The van der Waals surface area contributed by atoms with E-state index in [2.05, 4.69) is 121 Å². The Hall–Kier alpha value is -7.98. The first kappa shape index (κ1) is 65.5. The van der Waals surface area contributed by atoms with Gasteiger partial charge in [-0.05, 0) is 88.0 Å². The van der Waals surface area contributed by atoms with Crippen LogP contribution in [0.5, 0.6) is 11.8 Å². The Kier molecular flexibility index (Phi) is 27.2. The molecule has 0 spiro atoms. The standard InChI is InChI=1S/C18H20N8O4S.C13H14ClN5O.C7H10N2S.C6H5Cl2N3O.C6H18NSi2.C5H7N3O.Li/c1-10-5-6-12(31(4,28)29)17(20-10)21-11-9-14(24-26-16(11)18(27)19-2)22-13-7-8-15(30-3)25-23-13;1-7-4-5-8(2)16-12(7)17-9-6-10(14)18-19-11(9)13(20)15-3;1-5-3-4-6(10-2)7(8)9-5;1-9-6(12)5-3(7)2-4(8)10-11-5;1-8(2,3)7-9(4,5)6;1-9-5-3-2-4(6)7-8-5;/h5-9H,1-4H3,(H,19,27)(H2,20,21,22,23,24);4-6H,1-3H3,(H,15,20)(H,16,17,18);3-4H,1-2H3,(H2,8,9);2H,1H3,(H,9,12);1-6H3;2-3H,1H3,(H2,6,7);/q;;;;-1;;+1/i2D3;3D3;;1D3;;;. The molecular weight excluding hydrogens is 1310 g/mol. The zero-order valence-corrected chi connectivity index (χ0v) is 58.6. The van der Waals surface area contributed by atoms with E-state index in [9.17, 15) is 22.8 Å². The fourth-order valence-corrected chi connectivity index (χ4v) is 16.6. The maximum atomic E-state index is 12.6. The van der Waals surface area contributed by atoms with E-state index < -0.39 is 70.7 Å². The number of rotatable bonds is 15. The van der Waals surface area contributed by atoms with Gasteiger partial charge in [-0.25, -0.2) is 23.4 Å². The molecular formula is C55H74Cl3LiN22O7S2Si2. The molecule has 8 aromatic rings. The molecule has 0 aromatic carbocycles. The van der Waals surface area contributed by atoms with Crippen LogP contribution in [0.4, 0.5) is 46.3 Å². The number of amides is 3. The minimum Gasteiger partial charge on any atom is -0.668 e. The van der Waals surface area contributed by atoms with Crippen LogP contribution in [0.1, 0.15) is 66.4 Å². The molecule has 37 heteroatoms. The van der Waals surface area contributed by atoms with Gasteiger partial charge in [0, 0.05) is 85.8 Å². The number of pyridine rings is 3. The van der Waals surface area contributed by atoms with Crippen LogP contribution in [0, 0.1) is 27.7 Å². The first-order chi connectivity index (χ1) is 46.1. The zero-order valence-electron chi connectivity index (χ0n) is 61.7. The number of nitrogens with one attached hydrogen (secondary N) is 6.